The van der Waals surface area contributed by atoms with E-state index in [2.05, 4.69) is 20.6 Å². The van der Waals surface area contributed by atoms with Crippen molar-refractivity contribution in [1.29, 1.82) is 10.5 Å². The number of nitrogens with one attached hydrogen (secondary N) is 2. The maximum Gasteiger partial charge on any atom is 0.435 e. The van der Waals surface area contributed by atoms with Gasteiger partial charge in [-0.15, -0.1) is 0 Å². The van der Waals surface area contributed by atoms with Crippen molar-refractivity contribution >= 4 is 40.3 Å². The largest absolute Gasteiger partial charge is 0.436 e. The van der Waals surface area contributed by atoms with Crippen molar-refractivity contribution in [3.8, 4) is 34.8 Å². The first-order valence-electron chi connectivity index (χ1n) is 11.0. The first-order valence-corrected chi connectivity index (χ1v) is 12.0. The van der Waals surface area contributed by atoms with Crippen LogP contribution in [0.25, 0.3) is 33.8 Å². The Labute approximate surface area is 218 Å². The molecule has 3 aromatic heterocycles. The van der Waals surface area contributed by atoms with Crippen LogP contribution in [0.15, 0.2) is 67.3 Å². The Hall–Kier alpha value is -5.40. The minimum atomic E-state index is -0.791. The summed E-state index contributed by atoms with van der Waals surface area (Å²) in [5.41, 5.74) is 7.59. The number of carbonyl (C=O) groups excluding carboxylic acids is 1. The molecule has 0 saturated carbocycles. The van der Waals surface area contributed by atoms with E-state index in [1.165, 1.54) is 11.7 Å². The van der Waals surface area contributed by atoms with Crippen molar-refractivity contribution in [2.24, 2.45) is 7.05 Å². The van der Waals surface area contributed by atoms with Crippen molar-refractivity contribution in [1.82, 2.24) is 15.2 Å². The fourth-order valence-corrected chi connectivity index (χ4v) is 4.57. The lowest BCUT2D eigenvalue weighted by molar-refractivity contribution is -0.730. The number of carbonyl (C=O) groups is 1. The molecule has 4 N–H and O–H groups in total. The summed E-state index contributed by atoms with van der Waals surface area (Å²) in [4.78, 5) is 33.5. The quantitative estimate of drug-likeness (QED) is 0.219. The number of nitrogens with two attached hydrogens (primary N) is 1. The zero-order chi connectivity index (χ0) is 26.8. The zero-order valence-corrected chi connectivity index (χ0v) is 20.5. The number of nitrogens with zero attached hydrogens (tertiary/aromatic N) is 5. The van der Waals surface area contributed by atoms with Crippen molar-refractivity contribution in [2.45, 2.75) is 5.03 Å². The van der Waals surface area contributed by atoms with Gasteiger partial charge < -0.3 is 15.5 Å². The topological polar surface area (TPSA) is 191 Å². The number of H-pyrrole nitrogens is 1. The Morgan fingerprint density at radius 3 is 2.53 bits per heavy atom. The molecule has 1 amide bonds. The van der Waals surface area contributed by atoms with Gasteiger partial charge in [0, 0.05) is 11.3 Å². The standard InChI is InChI=1S/C25H16N8O4S/c1-33-21(25(35)37-32-33)20-15(10-26)22(28)31-24(16(20)11-27)38-12-19(34)29-14-8-6-13(7-9-14)23-30-17-4-2-3-5-18(17)36-23/h2-9H,12H2,1H3,(H3-,28,29,30,31,32,34,35)/p+1. The van der Waals surface area contributed by atoms with Crippen molar-refractivity contribution < 1.29 is 18.4 Å². The van der Waals surface area contributed by atoms with E-state index in [1.807, 2.05) is 36.4 Å². The number of aromatic amines is 1. The monoisotopic (exact) mass is 525 g/mol. The number of hydrogen-bond donors (Lipinski definition) is 3. The molecule has 0 spiro atoms. The molecule has 2 aromatic carbocycles. The molecule has 0 bridgehead atoms. The highest BCUT2D eigenvalue weighted by atomic mass is 32.2. The van der Waals surface area contributed by atoms with Gasteiger partial charge in [0.15, 0.2) is 12.6 Å². The smallest absolute Gasteiger partial charge is 0.435 e. The molecule has 0 saturated heterocycles. The van der Waals surface area contributed by atoms with Crippen LogP contribution in [0.3, 0.4) is 0 Å². The number of aryl methyl sites for hydroxylation is 1. The average molecular weight is 526 g/mol. The molecule has 0 aliphatic rings. The maximum absolute atomic E-state index is 12.7. The lowest BCUT2D eigenvalue weighted by Crippen LogP contribution is -2.34. The molecule has 0 aliphatic heterocycles. The molecule has 0 atom stereocenters. The second-order valence-corrected chi connectivity index (χ2v) is 8.90. The summed E-state index contributed by atoms with van der Waals surface area (Å²) in [5, 5.41) is 24.6. The Morgan fingerprint density at radius 1 is 1.13 bits per heavy atom. The van der Waals surface area contributed by atoms with E-state index < -0.39 is 5.63 Å². The fourth-order valence-electron chi connectivity index (χ4n) is 3.77. The van der Waals surface area contributed by atoms with Crippen LogP contribution in [0.5, 0.6) is 0 Å². The lowest BCUT2D eigenvalue weighted by Gasteiger charge is -2.10. The molecule has 5 aromatic rings. The fraction of sp³-hybridized carbons (Fsp3) is 0.0800. The number of aromatic nitrogens is 4. The number of benzene rings is 2. The highest BCUT2D eigenvalue weighted by Gasteiger charge is 2.31. The normalized spacial score (nSPS) is 10.7. The predicted octanol–water partition coefficient (Wildman–Crippen LogP) is 2.72. The van der Waals surface area contributed by atoms with Crippen LogP contribution >= 0.6 is 11.8 Å². The predicted molar refractivity (Wildman–Crippen MR) is 136 cm³/mol. The van der Waals surface area contributed by atoms with Crippen molar-refractivity contribution in [2.75, 3.05) is 16.8 Å². The SMILES string of the molecule is C[n+]1[nH]oc(=O)c1-c1c(C#N)c(N)nc(SCC(=O)Nc2ccc(-c3nc4ccccc4o3)cc2)c1C#N. The number of thioether (sulfide) groups is 1. The van der Waals surface area contributed by atoms with Crippen LogP contribution in [0, 0.1) is 22.7 Å². The molecular weight excluding hydrogens is 508 g/mol. The third kappa shape index (κ3) is 4.45. The van der Waals surface area contributed by atoms with Crippen LogP contribution in [-0.4, -0.2) is 26.9 Å². The Bertz CT molecular complexity index is 1810. The molecule has 0 unspecified atom stereocenters. The second kappa shape index (κ2) is 9.93. The van der Waals surface area contributed by atoms with E-state index >= 15 is 0 Å². The molecule has 0 radical (unpaired) electrons. The van der Waals surface area contributed by atoms with E-state index in [-0.39, 0.29) is 44.9 Å². The molecule has 5 rings (SSSR count). The highest BCUT2D eigenvalue weighted by molar-refractivity contribution is 8.00. The second-order valence-electron chi connectivity index (χ2n) is 7.94. The average Bonchev–Trinajstić information content (AvgIpc) is 3.50. The summed E-state index contributed by atoms with van der Waals surface area (Å²) in [6.45, 7) is 0. The first kappa shape index (κ1) is 24.3. The van der Waals surface area contributed by atoms with E-state index in [9.17, 15) is 20.1 Å². The van der Waals surface area contributed by atoms with Crippen LogP contribution in [0.1, 0.15) is 11.1 Å². The Morgan fingerprint density at radius 2 is 1.87 bits per heavy atom. The molecule has 0 aliphatic carbocycles. The molecule has 38 heavy (non-hydrogen) atoms. The zero-order valence-electron chi connectivity index (χ0n) is 19.7. The maximum atomic E-state index is 12.7. The molecular formula is C25H17N8O4S+. The number of amides is 1. The van der Waals surface area contributed by atoms with Crippen LogP contribution in [-0.2, 0) is 11.8 Å². The number of para-hydroxylation sites is 2. The van der Waals surface area contributed by atoms with Gasteiger partial charge in [-0.05, 0) is 41.7 Å². The van der Waals surface area contributed by atoms with Gasteiger partial charge in [0.1, 0.15) is 39.6 Å². The highest BCUT2D eigenvalue weighted by Crippen LogP contribution is 2.33. The number of pyridine rings is 1. The summed E-state index contributed by atoms with van der Waals surface area (Å²) in [6, 6.07) is 18.3. The number of anilines is 2. The third-order valence-corrected chi connectivity index (χ3v) is 6.48. The van der Waals surface area contributed by atoms with Gasteiger partial charge in [0.05, 0.1) is 11.3 Å². The molecule has 0 fully saturated rings. The van der Waals surface area contributed by atoms with Gasteiger partial charge in [0.2, 0.25) is 11.8 Å². The summed E-state index contributed by atoms with van der Waals surface area (Å²) >= 11 is 0.946. The summed E-state index contributed by atoms with van der Waals surface area (Å²) in [6.07, 6.45) is 0. The number of oxazole rings is 1. The third-order valence-electron chi connectivity index (χ3n) is 5.51. The number of hydrogen-bond acceptors (Lipinski definition) is 10. The van der Waals surface area contributed by atoms with E-state index in [4.69, 9.17) is 14.7 Å². The Balaban J connectivity index is 1.34. The van der Waals surface area contributed by atoms with Crippen molar-refractivity contribution in [3.63, 3.8) is 0 Å². The van der Waals surface area contributed by atoms with Gasteiger partial charge >= 0.3 is 11.3 Å². The van der Waals surface area contributed by atoms with E-state index in [0.717, 1.165) is 22.8 Å². The van der Waals surface area contributed by atoms with E-state index in [0.29, 0.717) is 17.2 Å². The molecule has 3 heterocycles. The first-order chi connectivity index (χ1) is 18.4. The van der Waals surface area contributed by atoms with Gasteiger partial charge in [-0.1, -0.05) is 28.6 Å². The number of nitriles is 2. The summed E-state index contributed by atoms with van der Waals surface area (Å²) in [5.74, 6) is -0.201. The summed E-state index contributed by atoms with van der Waals surface area (Å²) < 4.78 is 11.8. The molecule has 186 valence electrons. The number of nitrogen functional groups attached to an aromatic ring is 1. The van der Waals surface area contributed by atoms with Gasteiger partial charge in [-0.2, -0.15) is 10.5 Å². The lowest BCUT2D eigenvalue weighted by atomic mass is 10.0. The van der Waals surface area contributed by atoms with Gasteiger partial charge in [-0.3, -0.25) is 9.32 Å². The van der Waals surface area contributed by atoms with Gasteiger partial charge in [0.25, 0.3) is 0 Å². The minimum Gasteiger partial charge on any atom is -0.436 e. The van der Waals surface area contributed by atoms with Gasteiger partial charge in [-0.25, -0.2) is 14.8 Å². The summed E-state index contributed by atoms with van der Waals surface area (Å²) in [7, 11) is 1.48. The Kier molecular flexibility index (Phi) is 6.35. The van der Waals surface area contributed by atoms with E-state index in [1.54, 1.807) is 24.3 Å². The number of rotatable bonds is 6. The molecule has 13 heteroatoms. The van der Waals surface area contributed by atoms with Crippen LogP contribution in [0.2, 0.25) is 0 Å². The number of fused-ring (bicyclic) bond motifs is 1. The molecule has 12 nitrogen and oxygen atoms in total. The van der Waals surface area contributed by atoms with Crippen LogP contribution in [0.4, 0.5) is 11.5 Å². The minimum absolute atomic E-state index is 0.0160. The van der Waals surface area contributed by atoms with Crippen molar-refractivity contribution in [3.05, 3.63) is 70.1 Å². The van der Waals surface area contributed by atoms with Crippen LogP contribution < -0.4 is 21.4 Å².